The first-order valence-corrected chi connectivity index (χ1v) is 10.6. The van der Waals surface area contributed by atoms with Gasteiger partial charge in [-0.15, -0.1) is 0 Å². The van der Waals surface area contributed by atoms with Crippen LogP contribution in [0.4, 0.5) is 0 Å². The molecule has 160 valence electrons. The molecule has 1 heterocycles. The van der Waals surface area contributed by atoms with Crippen LogP contribution in [0.15, 0.2) is 48.5 Å². The van der Waals surface area contributed by atoms with Gasteiger partial charge in [0.1, 0.15) is 5.75 Å². The molecule has 0 radical (unpaired) electrons. The van der Waals surface area contributed by atoms with Crippen molar-refractivity contribution in [3.05, 3.63) is 64.7 Å². The van der Waals surface area contributed by atoms with E-state index in [1.807, 2.05) is 24.3 Å². The maximum absolute atomic E-state index is 12.4. The summed E-state index contributed by atoms with van der Waals surface area (Å²) in [6.45, 7) is 2.43. The molecule has 0 saturated carbocycles. The van der Waals surface area contributed by atoms with E-state index in [9.17, 15) is 9.59 Å². The lowest BCUT2D eigenvalue weighted by atomic mass is 10.0. The summed E-state index contributed by atoms with van der Waals surface area (Å²) in [6.07, 6.45) is 3.57. The van der Waals surface area contributed by atoms with Crippen molar-refractivity contribution in [2.75, 3.05) is 33.3 Å². The highest BCUT2D eigenvalue weighted by molar-refractivity contribution is 6.30. The Morgan fingerprint density at radius 2 is 1.80 bits per heavy atom. The van der Waals surface area contributed by atoms with Crippen molar-refractivity contribution in [2.24, 2.45) is 0 Å². The van der Waals surface area contributed by atoms with E-state index in [0.29, 0.717) is 17.1 Å². The molecule has 1 saturated heterocycles. The molecule has 1 atom stereocenters. The van der Waals surface area contributed by atoms with Crippen molar-refractivity contribution in [1.29, 1.82) is 0 Å². The van der Waals surface area contributed by atoms with E-state index in [1.165, 1.54) is 6.42 Å². The number of methoxy groups -OCH3 is 1. The zero-order chi connectivity index (χ0) is 21.3. The number of nitrogens with zero attached hydrogens (tertiary/aromatic N) is 1. The monoisotopic (exact) mass is 429 g/mol. The molecule has 0 aliphatic carbocycles. The molecule has 0 bridgehead atoms. The fourth-order valence-corrected chi connectivity index (χ4v) is 3.87. The largest absolute Gasteiger partial charge is 0.497 e. The number of carbonyl (C=O) groups is 2. The lowest BCUT2D eigenvalue weighted by Gasteiger charge is -2.35. The standard InChI is InChI=1S/C23H28ClN3O3/c1-30-20-10-8-17(9-11-20)21(27-12-3-2-4-13-27)15-25-22(28)16-26-23(29)18-6-5-7-19(24)14-18/h5-11,14,21H,2-4,12-13,15-16H2,1H3,(H,25,28)(H,26,29)/t21-/m1/s1. The van der Waals surface area contributed by atoms with E-state index in [1.54, 1.807) is 31.4 Å². The SMILES string of the molecule is COc1ccc([C@@H](CNC(=O)CNC(=O)c2cccc(Cl)c2)N2CCCCC2)cc1. The molecular weight excluding hydrogens is 402 g/mol. The Balaban J connectivity index is 1.57. The van der Waals surface area contributed by atoms with Gasteiger partial charge in [0.25, 0.3) is 5.91 Å². The molecule has 30 heavy (non-hydrogen) atoms. The van der Waals surface area contributed by atoms with Gasteiger partial charge in [-0.05, 0) is 61.8 Å². The minimum absolute atomic E-state index is 0.0827. The van der Waals surface area contributed by atoms with Crippen LogP contribution in [0.5, 0.6) is 5.75 Å². The van der Waals surface area contributed by atoms with Crippen molar-refractivity contribution < 1.29 is 14.3 Å². The van der Waals surface area contributed by atoms with Gasteiger partial charge in [0, 0.05) is 17.1 Å². The average molecular weight is 430 g/mol. The van der Waals surface area contributed by atoms with Crippen molar-refractivity contribution in [3.63, 3.8) is 0 Å². The number of halogens is 1. The number of benzene rings is 2. The lowest BCUT2D eigenvalue weighted by molar-refractivity contribution is -0.120. The summed E-state index contributed by atoms with van der Waals surface area (Å²) in [5.41, 5.74) is 1.57. The Hall–Kier alpha value is -2.57. The van der Waals surface area contributed by atoms with Gasteiger partial charge in [-0.3, -0.25) is 14.5 Å². The summed E-state index contributed by atoms with van der Waals surface area (Å²) in [4.78, 5) is 27.0. The summed E-state index contributed by atoms with van der Waals surface area (Å²) in [5.74, 6) is 0.264. The van der Waals surface area contributed by atoms with E-state index in [2.05, 4.69) is 15.5 Å². The van der Waals surface area contributed by atoms with Crippen LogP contribution in [-0.2, 0) is 4.79 Å². The zero-order valence-electron chi connectivity index (χ0n) is 17.2. The van der Waals surface area contributed by atoms with Crippen LogP contribution in [0.25, 0.3) is 0 Å². The highest BCUT2D eigenvalue weighted by Gasteiger charge is 2.23. The molecule has 1 fully saturated rings. The maximum Gasteiger partial charge on any atom is 0.251 e. The Bertz CT molecular complexity index is 851. The van der Waals surface area contributed by atoms with Crippen molar-refractivity contribution in [3.8, 4) is 5.75 Å². The molecule has 2 aromatic carbocycles. The predicted octanol–water partition coefficient (Wildman–Crippen LogP) is 3.42. The molecule has 2 amide bonds. The van der Waals surface area contributed by atoms with E-state index in [4.69, 9.17) is 16.3 Å². The Morgan fingerprint density at radius 1 is 1.07 bits per heavy atom. The number of hydrogen-bond donors (Lipinski definition) is 2. The second-order valence-corrected chi connectivity index (χ2v) is 7.82. The third-order valence-electron chi connectivity index (χ3n) is 5.32. The van der Waals surface area contributed by atoms with Crippen molar-refractivity contribution in [1.82, 2.24) is 15.5 Å². The third kappa shape index (κ3) is 6.21. The molecule has 0 aromatic heterocycles. The lowest BCUT2D eigenvalue weighted by Crippen LogP contribution is -2.43. The Labute approximate surface area is 182 Å². The van der Waals surface area contributed by atoms with Crippen LogP contribution in [0.3, 0.4) is 0 Å². The zero-order valence-corrected chi connectivity index (χ0v) is 18.0. The average Bonchev–Trinajstić information content (AvgIpc) is 2.78. The summed E-state index contributed by atoms with van der Waals surface area (Å²) in [7, 11) is 1.65. The van der Waals surface area contributed by atoms with Gasteiger partial charge in [-0.2, -0.15) is 0 Å². The molecule has 2 N–H and O–H groups in total. The molecule has 1 aliphatic rings. The van der Waals surface area contributed by atoms with Crippen LogP contribution >= 0.6 is 11.6 Å². The number of rotatable bonds is 8. The summed E-state index contributed by atoms with van der Waals surface area (Å²) in [6, 6.07) is 14.7. The third-order valence-corrected chi connectivity index (χ3v) is 5.56. The molecule has 6 nitrogen and oxygen atoms in total. The van der Waals surface area contributed by atoms with Gasteiger partial charge in [0.05, 0.1) is 19.7 Å². The van der Waals surface area contributed by atoms with Crippen LogP contribution in [0, 0.1) is 0 Å². The fourth-order valence-electron chi connectivity index (χ4n) is 3.68. The number of nitrogens with one attached hydrogen (secondary N) is 2. The first-order valence-electron chi connectivity index (χ1n) is 10.3. The minimum atomic E-state index is -0.324. The Morgan fingerprint density at radius 3 is 2.47 bits per heavy atom. The second-order valence-electron chi connectivity index (χ2n) is 7.38. The van der Waals surface area contributed by atoms with Crippen LogP contribution in [0.2, 0.25) is 5.02 Å². The molecule has 1 aliphatic heterocycles. The van der Waals surface area contributed by atoms with Crippen LogP contribution in [-0.4, -0.2) is 50.0 Å². The van der Waals surface area contributed by atoms with Crippen LogP contribution in [0.1, 0.15) is 41.2 Å². The number of amides is 2. The van der Waals surface area contributed by atoms with Gasteiger partial charge in [-0.1, -0.05) is 36.2 Å². The minimum Gasteiger partial charge on any atom is -0.497 e. The molecular formula is C23H28ClN3O3. The van der Waals surface area contributed by atoms with E-state index in [-0.39, 0.29) is 24.4 Å². The van der Waals surface area contributed by atoms with Crippen molar-refractivity contribution >= 4 is 23.4 Å². The molecule has 2 aromatic rings. The normalized spacial score (nSPS) is 15.3. The fraction of sp³-hybridized carbons (Fsp3) is 0.391. The number of piperidine rings is 1. The van der Waals surface area contributed by atoms with Gasteiger partial charge in [0.2, 0.25) is 5.91 Å². The maximum atomic E-state index is 12.4. The number of likely N-dealkylation sites (tertiary alicyclic amines) is 1. The van der Waals surface area contributed by atoms with Gasteiger partial charge >= 0.3 is 0 Å². The second kappa shape index (κ2) is 11.0. The number of ether oxygens (including phenoxy) is 1. The smallest absolute Gasteiger partial charge is 0.251 e. The molecule has 7 heteroatoms. The van der Waals surface area contributed by atoms with Gasteiger partial charge in [-0.25, -0.2) is 0 Å². The highest BCUT2D eigenvalue weighted by Crippen LogP contribution is 2.25. The topological polar surface area (TPSA) is 70.7 Å². The molecule has 0 unspecified atom stereocenters. The van der Waals surface area contributed by atoms with Gasteiger partial charge < -0.3 is 15.4 Å². The van der Waals surface area contributed by atoms with E-state index in [0.717, 1.165) is 37.2 Å². The summed E-state index contributed by atoms with van der Waals surface area (Å²) >= 11 is 5.92. The first kappa shape index (κ1) is 22.1. The summed E-state index contributed by atoms with van der Waals surface area (Å²) < 4.78 is 5.26. The van der Waals surface area contributed by atoms with Gasteiger partial charge in [0.15, 0.2) is 0 Å². The first-order chi connectivity index (χ1) is 14.6. The Kier molecular flexibility index (Phi) is 8.11. The molecule has 3 rings (SSSR count). The highest BCUT2D eigenvalue weighted by atomic mass is 35.5. The number of carbonyl (C=O) groups excluding carboxylic acids is 2. The van der Waals surface area contributed by atoms with E-state index < -0.39 is 0 Å². The molecule has 0 spiro atoms. The van der Waals surface area contributed by atoms with Crippen LogP contribution < -0.4 is 15.4 Å². The quantitative estimate of drug-likeness (QED) is 0.674. The number of hydrogen-bond acceptors (Lipinski definition) is 4. The predicted molar refractivity (Wildman–Crippen MR) is 118 cm³/mol. The van der Waals surface area contributed by atoms with Crippen molar-refractivity contribution in [2.45, 2.75) is 25.3 Å². The summed E-state index contributed by atoms with van der Waals surface area (Å²) in [5, 5.41) is 6.10. The van der Waals surface area contributed by atoms with E-state index >= 15 is 0 Å².